The second-order valence-electron chi connectivity index (χ2n) is 8.17. The number of amides is 1. The number of carbonyl (C=O) groups is 1. The van der Waals surface area contributed by atoms with Gasteiger partial charge in [0, 0.05) is 12.1 Å². The topological polar surface area (TPSA) is 119 Å². The third-order valence-electron chi connectivity index (χ3n) is 5.78. The number of hydrogen-bond acceptors (Lipinski definition) is 7. The van der Waals surface area contributed by atoms with Crippen LogP contribution in [0.2, 0.25) is 0 Å². The van der Waals surface area contributed by atoms with E-state index in [2.05, 4.69) is 27.6 Å². The summed E-state index contributed by atoms with van der Waals surface area (Å²) in [6, 6.07) is 9.35. The summed E-state index contributed by atoms with van der Waals surface area (Å²) in [4.78, 5) is 21.7. The van der Waals surface area contributed by atoms with E-state index in [4.69, 9.17) is 15.5 Å². The third-order valence-corrected chi connectivity index (χ3v) is 5.78. The van der Waals surface area contributed by atoms with Gasteiger partial charge in [0.2, 0.25) is 5.88 Å². The van der Waals surface area contributed by atoms with Crippen LogP contribution in [-0.2, 0) is 13.0 Å². The lowest BCUT2D eigenvalue weighted by atomic mass is 10.0. The van der Waals surface area contributed by atoms with Crippen molar-refractivity contribution in [2.75, 3.05) is 17.6 Å². The number of hydrogen-bond donors (Lipinski definition) is 3. The smallest absolute Gasteiger partial charge is 0.256 e. The van der Waals surface area contributed by atoms with Crippen molar-refractivity contribution < 1.29 is 13.9 Å². The number of aryl methyl sites for hydroxylation is 1. The van der Waals surface area contributed by atoms with E-state index >= 15 is 0 Å². The summed E-state index contributed by atoms with van der Waals surface area (Å²) in [5.74, 6) is 0.209. The molecule has 1 aliphatic heterocycles. The third kappa shape index (κ3) is 3.87. The van der Waals surface area contributed by atoms with E-state index in [1.165, 1.54) is 22.3 Å². The van der Waals surface area contributed by atoms with Gasteiger partial charge in [-0.3, -0.25) is 4.79 Å². The van der Waals surface area contributed by atoms with E-state index in [1.807, 2.05) is 24.3 Å². The average molecular weight is 462 g/mol. The molecule has 5 rings (SSSR count). The maximum absolute atomic E-state index is 14.0. The lowest BCUT2D eigenvalue weighted by Crippen LogP contribution is -2.33. The molecule has 4 N–H and O–H groups in total. The van der Waals surface area contributed by atoms with Gasteiger partial charge in [0.25, 0.3) is 5.91 Å². The molecular weight excluding hydrogens is 437 g/mol. The van der Waals surface area contributed by atoms with Crippen LogP contribution in [-0.4, -0.2) is 38.1 Å². The molecule has 0 saturated heterocycles. The second-order valence-corrected chi connectivity index (χ2v) is 8.17. The fourth-order valence-corrected chi connectivity index (χ4v) is 3.94. The van der Waals surface area contributed by atoms with Gasteiger partial charge in [-0.1, -0.05) is 31.2 Å². The van der Waals surface area contributed by atoms with Crippen LogP contribution < -0.4 is 21.1 Å². The molecule has 10 heteroatoms. The number of fused-ring (bicyclic) bond motifs is 2. The fraction of sp³-hybridized carbons (Fsp3) is 0.250. The quantitative estimate of drug-likeness (QED) is 0.419. The van der Waals surface area contributed by atoms with E-state index in [9.17, 15) is 9.18 Å². The van der Waals surface area contributed by atoms with Gasteiger partial charge in [-0.05, 0) is 30.5 Å². The molecule has 3 aromatic heterocycles. The number of halogens is 1. The van der Waals surface area contributed by atoms with E-state index in [0.717, 1.165) is 18.2 Å². The van der Waals surface area contributed by atoms with Crippen molar-refractivity contribution in [3.63, 3.8) is 0 Å². The van der Waals surface area contributed by atoms with Gasteiger partial charge in [-0.2, -0.15) is 9.61 Å². The number of nitrogens with two attached hydrogens (primary N) is 1. The summed E-state index contributed by atoms with van der Waals surface area (Å²) in [6.45, 7) is 4.27. The largest absolute Gasteiger partial charge is 0.473 e. The van der Waals surface area contributed by atoms with Crippen molar-refractivity contribution in [3.8, 4) is 17.0 Å². The Labute approximate surface area is 195 Å². The zero-order chi connectivity index (χ0) is 23.8. The monoisotopic (exact) mass is 461 g/mol. The summed E-state index contributed by atoms with van der Waals surface area (Å²) in [7, 11) is 0. The predicted molar refractivity (Wildman–Crippen MR) is 126 cm³/mol. The number of carbonyl (C=O) groups excluding carboxylic acids is 1. The van der Waals surface area contributed by atoms with Crippen molar-refractivity contribution >= 4 is 23.2 Å². The zero-order valence-electron chi connectivity index (χ0n) is 18.8. The molecule has 34 heavy (non-hydrogen) atoms. The molecule has 2 bridgehead atoms. The summed E-state index contributed by atoms with van der Waals surface area (Å²) in [5, 5.41) is 10.4. The van der Waals surface area contributed by atoms with Crippen LogP contribution >= 0.6 is 0 Å². The normalized spacial score (nSPS) is 16.0. The first-order chi connectivity index (χ1) is 16.4. The maximum atomic E-state index is 14.0. The number of aromatic nitrogens is 4. The van der Waals surface area contributed by atoms with Gasteiger partial charge >= 0.3 is 0 Å². The highest BCUT2D eigenvalue weighted by atomic mass is 19.1. The van der Waals surface area contributed by atoms with Crippen LogP contribution in [0.25, 0.3) is 16.8 Å². The van der Waals surface area contributed by atoms with E-state index in [0.29, 0.717) is 28.4 Å². The molecule has 0 radical (unpaired) electrons. The van der Waals surface area contributed by atoms with Crippen molar-refractivity contribution in [1.82, 2.24) is 24.9 Å². The number of nitrogens with zero attached hydrogens (tertiary/aromatic N) is 4. The highest BCUT2D eigenvalue weighted by Crippen LogP contribution is 2.34. The van der Waals surface area contributed by atoms with Crippen molar-refractivity contribution in [1.29, 1.82) is 0 Å². The highest BCUT2D eigenvalue weighted by molar-refractivity contribution is 6.01. The Balaban J connectivity index is 1.69. The first-order valence-corrected chi connectivity index (χ1v) is 11.0. The van der Waals surface area contributed by atoms with Crippen LogP contribution in [0.3, 0.4) is 0 Å². The lowest BCUT2D eigenvalue weighted by Gasteiger charge is -2.18. The summed E-state index contributed by atoms with van der Waals surface area (Å²) in [5.41, 5.74) is 10.3. The number of rotatable bonds is 2. The Hall–Kier alpha value is -4.21. The molecule has 9 nitrogen and oxygen atoms in total. The number of nitrogen functional groups attached to an aromatic ring is 1. The second kappa shape index (κ2) is 8.62. The van der Waals surface area contributed by atoms with Gasteiger partial charge in [0.1, 0.15) is 29.1 Å². The molecule has 0 saturated carbocycles. The van der Waals surface area contributed by atoms with E-state index < -0.39 is 11.9 Å². The minimum absolute atomic E-state index is 0.181. The van der Waals surface area contributed by atoms with Gasteiger partial charge in [-0.15, -0.1) is 0 Å². The number of ether oxygens (including phenoxy) is 1. The number of anilines is 2. The van der Waals surface area contributed by atoms with Crippen LogP contribution in [0, 0.1) is 5.82 Å². The fourth-order valence-electron chi connectivity index (χ4n) is 3.94. The Morgan fingerprint density at radius 3 is 2.79 bits per heavy atom. The van der Waals surface area contributed by atoms with Gasteiger partial charge < -0.3 is 21.1 Å². The van der Waals surface area contributed by atoms with Crippen LogP contribution in [0.4, 0.5) is 16.0 Å². The first kappa shape index (κ1) is 21.6. The molecular formula is C24H24FN7O2. The van der Waals surface area contributed by atoms with Crippen molar-refractivity contribution in [2.45, 2.75) is 32.9 Å². The molecule has 4 heterocycles. The molecule has 0 fully saturated rings. The summed E-state index contributed by atoms with van der Waals surface area (Å²) < 4.78 is 21.4. The van der Waals surface area contributed by atoms with Crippen LogP contribution in [0.15, 0.2) is 42.7 Å². The van der Waals surface area contributed by atoms with Crippen LogP contribution in [0.5, 0.6) is 5.88 Å². The number of nitrogens with one attached hydrogen (secondary N) is 2. The first-order valence-electron chi connectivity index (χ1n) is 11.0. The summed E-state index contributed by atoms with van der Waals surface area (Å²) in [6.07, 6.45) is 3.05. The SMILES string of the molecule is CCc1ccc(-c2c3nc4c(cnn4c2N)C(=O)NC[C@H](C)Oc2ncc(F)cc2CN3)cc1. The minimum atomic E-state index is -0.481. The Morgan fingerprint density at radius 1 is 1.24 bits per heavy atom. The highest BCUT2D eigenvalue weighted by Gasteiger charge is 2.23. The standard InChI is InChI=1S/C24H24FN7O2/c1-3-14-4-6-15(7-5-14)19-20(26)32-22-18(12-30-32)23(33)28-9-13(2)34-24-16(8-17(25)11-29-24)10-27-21(19)31-22/h4-8,11-13H,3,9-10,26H2,1-2H3,(H,27,31)(H,28,33)/t13-/m0/s1. The Kier molecular flexibility index (Phi) is 5.48. The molecule has 174 valence electrons. The summed E-state index contributed by atoms with van der Waals surface area (Å²) >= 11 is 0. The van der Waals surface area contributed by atoms with Crippen LogP contribution in [0.1, 0.15) is 35.3 Å². The lowest BCUT2D eigenvalue weighted by molar-refractivity contribution is 0.0932. The molecule has 1 aromatic carbocycles. The molecule has 1 amide bonds. The number of benzene rings is 1. The molecule has 4 aromatic rings. The van der Waals surface area contributed by atoms with E-state index in [1.54, 1.807) is 6.92 Å². The van der Waals surface area contributed by atoms with Crippen molar-refractivity contribution in [3.05, 3.63) is 65.2 Å². The molecule has 0 spiro atoms. The predicted octanol–water partition coefficient (Wildman–Crippen LogP) is 3.20. The van der Waals surface area contributed by atoms with Crippen molar-refractivity contribution in [2.24, 2.45) is 0 Å². The molecule has 0 unspecified atom stereocenters. The van der Waals surface area contributed by atoms with Gasteiger partial charge in [0.05, 0.1) is 24.5 Å². The Morgan fingerprint density at radius 2 is 2.03 bits per heavy atom. The molecule has 1 atom stereocenters. The maximum Gasteiger partial charge on any atom is 0.256 e. The zero-order valence-corrected chi connectivity index (χ0v) is 18.8. The van der Waals surface area contributed by atoms with Gasteiger partial charge in [0.15, 0.2) is 5.65 Å². The Bertz CT molecular complexity index is 1380. The van der Waals surface area contributed by atoms with Gasteiger partial charge in [-0.25, -0.2) is 14.4 Å². The molecule has 1 aliphatic rings. The van der Waals surface area contributed by atoms with E-state index in [-0.39, 0.29) is 30.4 Å². The number of pyridine rings is 1. The average Bonchev–Trinajstić information content (AvgIpc) is 3.27. The molecule has 0 aliphatic carbocycles. The minimum Gasteiger partial charge on any atom is -0.473 e.